The summed E-state index contributed by atoms with van der Waals surface area (Å²) < 4.78 is 7.09. The molecule has 0 atom stereocenters. The van der Waals surface area contributed by atoms with Crippen LogP contribution in [-0.2, 0) is 6.42 Å². The van der Waals surface area contributed by atoms with Gasteiger partial charge in [-0.05, 0) is 0 Å². The number of aryl methyl sites for hydroxylation is 1. The maximum absolute atomic E-state index is 2.47. The first kappa shape index (κ1) is 22.5. The van der Waals surface area contributed by atoms with Crippen LogP contribution in [0.1, 0.15) is 63.9 Å². The molecule has 0 aliphatic rings. The SMILES string of the molecule is CCCCCCCCCCc1ccc(-c2cc3cc4cc5cc[te]c5cc4cc3[se]2)cc1. The Kier molecular flexibility index (Phi) is 7.56. The monoisotopic (exact) mass is 602 g/mol. The standard InChI is InChI=1S/C30H32SeTe/c1-2-3-4-5-6-7-8-9-10-22-11-13-23(14-12-22)28-20-27-18-25-17-24-15-16-32-30(24)21-26(25)19-29(27)31-28/h11-21H,2-10H2,1H3. The van der Waals surface area contributed by atoms with Crippen LogP contribution in [-0.4, -0.2) is 34.9 Å². The molecule has 5 rings (SSSR count). The van der Waals surface area contributed by atoms with Crippen molar-refractivity contribution < 1.29 is 0 Å². The van der Waals surface area contributed by atoms with Crippen LogP contribution in [0.4, 0.5) is 0 Å². The number of unbranched alkanes of at least 4 members (excludes halogenated alkanes) is 7. The van der Waals surface area contributed by atoms with Crippen LogP contribution < -0.4 is 0 Å². The minimum atomic E-state index is -0.0882. The first-order chi connectivity index (χ1) is 15.8. The molecule has 5 aromatic rings. The van der Waals surface area contributed by atoms with Gasteiger partial charge >= 0.3 is 189 Å². The summed E-state index contributed by atoms with van der Waals surface area (Å²) in [5.74, 6) is 0. The molecule has 164 valence electrons. The van der Waals surface area contributed by atoms with Gasteiger partial charge in [0.1, 0.15) is 0 Å². The van der Waals surface area contributed by atoms with Gasteiger partial charge in [-0.25, -0.2) is 0 Å². The van der Waals surface area contributed by atoms with Crippen molar-refractivity contribution in [1.82, 2.24) is 0 Å². The molecule has 0 bridgehead atoms. The van der Waals surface area contributed by atoms with Crippen molar-refractivity contribution in [3.63, 3.8) is 0 Å². The van der Waals surface area contributed by atoms with Crippen molar-refractivity contribution in [2.45, 2.75) is 64.7 Å². The maximum atomic E-state index is 2.47. The van der Waals surface area contributed by atoms with Crippen LogP contribution in [0.3, 0.4) is 0 Å². The van der Waals surface area contributed by atoms with Crippen LogP contribution >= 0.6 is 0 Å². The molecule has 0 saturated heterocycles. The van der Waals surface area contributed by atoms with E-state index in [4.69, 9.17) is 0 Å². The van der Waals surface area contributed by atoms with Crippen LogP contribution in [0.25, 0.3) is 39.2 Å². The van der Waals surface area contributed by atoms with E-state index in [-0.39, 0.29) is 20.4 Å². The Morgan fingerprint density at radius 2 is 1.38 bits per heavy atom. The summed E-state index contributed by atoms with van der Waals surface area (Å²) in [6.07, 6.45) is 12.4. The van der Waals surface area contributed by atoms with Gasteiger partial charge in [-0.15, -0.1) is 0 Å². The number of fused-ring (bicyclic) bond motifs is 3. The van der Waals surface area contributed by atoms with Crippen molar-refractivity contribution >= 4 is 64.1 Å². The number of benzene rings is 3. The van der Waals surface area contributed by atoms with Crippen LogP contribution in [0.15, 0.2) is 64.7 Å². The first-order valence-corrected chi connectivity index (χ1v) is 16.5. The molecule has 0 radical (unpaired) electrons. The zero-order valence-electron chi connectivity index (χ0n) is 19.0. The summed E-state index contributed by atoms with van der Waals surface area (Å²) in [7, 11) is 0. The second kappa shape index (κ2) is 10.8. The van der Waals surface area contributed by atoms with Crippen molar-refractivity contribution in [3.05, 3.63) is 70.3 Å². The second-order valence-electron chi connectivity index (χ2n) is 9.08. The van der Waals surface area contributed by atoms with E-state index in [1.165, 1.54) is 94.9 Å². The molecule has 0 aliphatic carbocycles. The van der Waals surface area contributed by atoms with E-state index in [9.17, 15) is 0 Å². The molecule has 0 aliphatic heterocycles. The van der Waals surface area contributed by atoms with Crippen molar-refractivity contribution in [2.75, 3.05) is 0 Å². The Bertz CT molecular complexity index is 1240. The van der Waals surface area contributed by atoms with E-state index in [0.29, 0.717) is 14.5 Å². The van der Waals surface area contributed by atoms with Crippen LogP contribution in [0.2, 0.25) is 0 Å². The Morgan fingerprint density at radius 3 is 2.19 bits per heavy atom. The van der Waals surface area contributed by atoms with Gasteiger partial charge in [-0.1, -0.05) is 19.8 Å². The van der Waals surface area contributed by atoms with Crippen LogP contribution in [0, 0.1) is 0 Å². The van der Waals surface area contributed by atoms with E-state index in [1.807, 2.05) is 0 Å². The van der Waals surface area contributed by atoms with Gasteiger partial charge in [0.15, 0.2) is 0 Å². The van der Waals surface area contributed by atoms with Gasteiger partial charge in [0.25, 0.3) is 0 Å². The molecule has 0 saturated carbocycles. The molecular weight excluding hydrogens is 567 g/mol. The predicted octanol–water partition coefficient (Wildman–Crippen LogP) is 8.61. The molecule has 32 heavy (non-hydrogen) atoms. The van der Waals surface area contributed by atoms with Crippen molar-refractivity contribution in [3.8, 4) is 10.0 Å². The van der Waals surface area contributed by atoms with Crippen molar-refractivity contribution in [2.24, 2.45) is 0 Å². The third-order valence-corrected chi connectivity index (χ3v) is 11.5. The molecule has 2 heterocycles. The third kappa shape index (κ3) is 5.26. The fraction of sp³-hybridized carbons (Fsp3) is 0.333. The summed E-state index contributed by atoms with van der Waals surface area (Å²) in [5, 5.41) is 5.73. The molecule has 0 spiro atoms. The molecule has 3 aromatic carbocycles. The molecule has 2 heteroatoms. The zero-order valence-corrected chi connectivity index (χ0v) is 23.1. The fourth-order valence-electron chi connectivity index (χ4n) is 4.69. The van der Waals surface area contributed by atoms with E-state index in [2.05, 4.69) is 71.7 Å². The topological polar surface area (TPSA) is 0 Å². The van der Waals surface area contributed by atoms with E-state index < -0.39 is 0 Å². The predicted molar refractivity (Wildman–Crippen MR) is 145 cm³/mol. The van der Waals surface area contributed by atoms with Gasteiger partial charge in [0.2, 0.25) is 0 Å². The fourth-order valence-corrected chi connectivity index (χ4v) is 9.33. The molecule has 2 aromatic heterocycles. The number of rotatable bonds is 10. The van der Waals surface area contributed by atoms with E-state index >= 15 is 0 Å². The van der Waals surface area contributed by atoms with Gasteiger partial charge in [-0.3, -0.25) is 0 Å². The van der Waals surface area contributed by atoms with Crippen molar-refractivity contribution in [1.29, 1.82) is 0 Å². The van der Waals surface area contributed by atoms with Crippen LogP contribution in [0.5, 0.6) is 0 Å². The van der Waals surface area contributed by atoms with Gasteiger partial charge < -0.3 is 0 Å². The normalized spacial score (nSPS) is 11.8. The molecule has 0 nitrogen and oxygen atoms in total. The summed E-state index contributed by atoms with van der Waals surface area (Å²) in [5.41, 5.74) is 2.92. The van der Waals surface area contributed by atoms with Gasteiger partial charge in [-0.2, -0.15) is 0 Å². The van der Waals surface area contributed by atoms with Gasteiger partial charge in [0, 0.05) is 0 Å². The summed E-state index contributed by atoms with van der Waals surface area (Å²) in [6.45, 7) is 2.29. The molecular formula is C30H32SeTe. The zero-order chi connectivity index (χ0) is 21.8. The molecule has 0 N–H and O–H groups in total. The Labute approximate surface area is 208 Å². The Hall–Kier alpha value is -1.29. The van der Waals surface area contributed by atoms with E-state index in [0.717, 1.165) is 0 Å². The third-order valence-electron chi connectivity index (χ3n) is 6.60. The van der Waals surface area contributed by atoms with E-state index in [1.54, 1.807) is 7.66 Å². The average molecular weight is 599 g/mol. The quantitative estimate of drug-likeness (QED) is 0.112. The number of hydrogen-bond acceptors (Lipinski definition) is 0. The Morgan fingerprint density at radius 1 is 0.656 bits per heavy atom. The molecule has 0 unspecified atom stereocenters. The minimum absolute atomic E-state index is 0.0882. The Balaban J connectivity index is 1.23. The summed E-state index contributed by atoms with van der Waals surface area (Å²) in [6, 6.07) is 24.0. The average Bonchev–Trinajstić information content (AvgIpc) is 3.44. The molecule has 0 amide bonds. The van der Waals surface area contributed by atoms with Gasteiger partial charge in [0.05, 0.1) is 0 Å². The molecule has 0 fully saturated rings. The number of hydrogen-bond donors (Lipinski definition) is 0. The second-order valence-corrected chi connectivity index (χ2v) is 14.1. The summed E-state index contributed by atoms with van der Waals surface area (Å²) in [4.78, 5) is 0. The summed E-state index contributed by atoms with van der Waals surface area (Å²) >= 11 is 0.325. The first-order valence-electron chi connectivity index (χ1n) is 12.2.